The van der Waals surface area contributed by atoms with Gasteiger partial charge in [-0.25, -0.2) is 8.78 Å². The number of Topliss-reactive ketones (excluding diaryl/α,β-unsaturated/α-hetero) is 1. The third-order valence-electron chi connectivity index (χ3n) is 3.10. The Hall–Kier alpha value is -2.23. The molecule has 0 bridgehead atoms. The number of ether oxygens (including phenoxy) is 1. The fourth-order valence-electron chi connectivity index (χ4n) is 2.19. The normalized spacial score (nSPS) is 17.8. The average molecular weight is 260 g/mol. The van der Waals surface area contributed by atoms with Gasteiger partial charge in [-0.2, -0.15) is 0 Å². The number of ketones is 1. The van der Waals surface area contributed by atoms with Gasteiger partial charge in [0.25, 0.3) is 0 Å². The Labute approximate surface area is 108 Å². The summed E-state index contributed by atoms with van der Waals surface area (Å²) < 4.78 is 31.9. The number of hydrogen-bond acceptors (Lipinski definition) is 2. The molecule has 19 heavy (non-hydrogen) atoms. The van der Waals surface area contributed by atoms with Gasteiger partial charge in [-0.15, -0.1) is 0 Å². The topological polar surface area (TPSA) is 26.3 Å². The van der Waals surface area contributed by atoms with Crippen LogP contribution in [-0.4, -0.2) is 5.78 Å². The summed E-state index contributed by atoms with van der Waals surface area (Å²) in [5.41, 5.74) is 0.843. The van der Waals surface area contributed by atoms with Gasteiger partial charge in [-0.1, -0.05) is 12.1 Å². The van der Waals surface area contributed by atoms with Gasteiger partial charge in [0.2, 0.25) is 0 Å². The maximum Gasteiger partial charge on any atom is 0.170 e. The molecule has 0 N–H and O–H groups in total. The summed E-state index contributed by atoms with van der Waals surface area (Å²) in [4.78, 5) is 12.0. The van der Waals surface area contributed by atoms with Crippen LogP contribution >= 0.6 is 0 Å². The maximum absolute atomic E-state index is 13.2. The Morgan fingerprint density at radius 3 is 2.63 bits per heavy atom. The molecule has 0 aromatic heterocycles. The van der Waals surface area contributed by atoms with Crippen LogP contribution in [-0.2, 0) is 0 Å². The maximum atomic E-state index is 13.2. The molecule has 2 aromatic rings. The third-order valence-corrected chi connectivity index (χ3v) is 3.10. The fraction of sp³-hybridized carbons (Fsp3) is 0.133. The van der Waals surface area contributed by atoms with Crippen molar-refractivity contribution in [2.45, 2.75) is 12.5 Å². The van der Waals surface area contributed by atoms with Gasteiger partial charge >= 0.3 is 0 Å². The van der Waals surface area contributed by atoms with E-state index in [4.69, 9.17) is 4.74 Å². The first kappa shape index (κ1) is 11.8. The summed E-state index contributed by atoms with van der Waals surface area (Å²) in [6.07, 6.45) is -0.443. The Morgan fingerprint density at radius 2 is 1.84 bits per heavy atom. The second-order valence-electron chi connectivity index (χ2n) is 4.43. The molecule has 1 aliphatic heterocycles. The molecule has 0 aliphatic carbocycles. The first-order valence-electron chi connectivity index (χ1n) is 5.88. The van der Waals surface area contributed by atoms with E-state index in [9.17, 15) is 13.6 Å². The van der Waals surface area contributed by atoms with Crippen LogP contribution in [0.2, 0.25) is 0 Å². The zero-order valence-corrected chi connectivity index (χ0v) is 9.90. The van der Waals surface area contributed by atoms with Crippen LogP contribution in [0.3, 0.4) is 0 Å². The highest BCUT2D eigenvalue weighted by atomic mass is 19.1. The second kappa shape index (κ2) is 4.46. The molecule has 1 atom stereocenters. The number of rotatable bonds is 1. The van der Waals surface area contributed by atoms with Crippen molar-refractivity contribution in [2.75, 3.05) is 0 Å². The molecule has 0 radical (unpaired) electrons. The molecule has 0 spiro atoms. The summed E-state index contributed by atoms with van der Waals surface area (Å²) in [6, 6.07) is 9.77. The van der Waals surface area contributed by atoms with Gasteiger partial charge in [0.15, 0.2) is 5.78 Å². The predicted molar refractivity (Wildman–Crippen MR) is 65.1 cm³/mol. The van der Waals surface area contributed by atoms with Gasteiger partial charge in [0.05, 0.1) is 12.0 Å². The standard InChI is InChI=1S/C15H10F2O2/c16-10-3-1-2-9(6-10)15-8-13(18)12-7-11(17)4-5-14(12)19-15/h1-7,15H,8H2. The number of benzene rings is 2. The first-order valence-corrected chi connectivity index (χ1v) is 5.88. The van der Waals surface area contributed by atoms with Crippen LogP contribution in [0.25, 0.3) is 0 Å². The van der Waals surface area contributed by atoms with E-state index in [0.29, 0.717) is 11.3 Å². The Morgan fingerprint density at radius 1 is 1.05 bits per heavy atom. The molecule has 4 heteroatoms. The lowest BCUT2D eigenvalue weighted by Crippen LogP contribution is -2.20. The van der Waals surface area contributed by atoms with Crippen LogP contribution in [0.4, 0.5) is 8.78 Å². The molecule has 1 heterocycles. The highest BCUT2D eigenvalue weighted by Crippen LogP contribution is 2.35. The average Bonchev–Trinajstić information content (AvgIpc) is 2.39. The van der Waals surface area contributed by atoms with E-state index in [-0.39, 0.29) is 23.6 Å². The van der Waals surface area contributed by atoms with E-state index in [1.807, 2.05) is 0 Å². The molecule has 0 saturated heterocycles. The lowest BCUT2D eigenvalue weighted by molar-refractivity contribution is 0.0848. The van der Waals surface area contributed by atoms with E-state index in [0.717, 1.165) is 0 Å². The summed E-state index contributed by atoms with van der Waals surface area (Å²) in [7, 11) is 0. The quantitative estimate of drug-likeness (QED) is 0.782. The van der Waals surface area contributed by atoms with Crippen molar-refractivity contribution in [3.63, 3.8) is 0 Å². The highest BCUT2D eigenvalue weighted by molar-refractivity contribution is 6.00. The molecule has 0 fully saturated rings. The smallest absolute Gasteiger partial charge is 0.170 e. The minimum absolute atomic E-state index is 0.0832. The summed E-state index contributed by atoms with van der Waals surface area (Å²) in [5.74, 6) is -0.708. The van der Waals surface area contributed by atoms with Crippen molar-refractivity contribution < 1.29 is 18.3 Å². The van der Waals surface area contributed by atoms with Gasteiger partial charge in [0.1, 0.15) is 23.5 Å². The third kappa shape index (κ3) is 2.21. The van der Waals surface area contributed by atoms with Crippen molar-refractivity contribution >= 4 is 5.78 Å². The number of carbonyl (C=O) groups excluding carboxylic acids is 1. The van der Waals surface area contributed by atoms with Crippen molar-refractivity contribution in [2.24, 2.45) is 0 Å². The summed E-state index contributed by atoms with van der Waals surface area (Å²) in [6.45, 7) is 0. The molecule has 0 amide bonds. The number of carbonyl (C=O) groups is 1. The minimum atomic E-state index is -0.527. The van der Waals surface area contributed by atoms with Crippen LogP contribution in [0.5, 0.6) is 5.75 Å². The van der Waals surface area contributed by atoms with E-state index in [2.05, 4.69) is 0 Å². The molecule has 96 valence electrons. The Bertz CT molecular complexity index is 652. The van der Waals surface area contributed by atoms with Crippen molar-refractivity contribution in [3.8, 4) is 5.75 Å². The number of fused-ring (bicyclic) bond motifs is 1. The van der Waals surface area contributed by atoms with E-state index >= 15 is 0 Å². The van der Waals surface area contributed by atoms with Crippen molar-refractivity contribution in [1.82, 2.24) is 0 Å². The molecular formula is C15H10F2O2. The van der Waals surface area contributed by atoms with Gasteiger partial charge in [-0.3, -0.25) is 4.79 Å². The molecule has 1 unspecified atom stereocenters. The summed E-state index contributed by atoms with van der Waals surface area (Å²) >= 11 is 0. The van der Waals surface area contributed by atoms with Gasteiger partial charge in [0, 0.05) is 0 Å². The molecule has 2 aromatic carbocycles. The van der Waals surface area contributed by atoms with Crippen LogP contribution in [0.1, 0.15) is 28.4 Å². The fourth-order valence-corrected chi connectivity index (χ4v) is 2.19. The van der Waals surface area contributed by atoms with E-state index < -0.39 is 11.9 Å². The monoisotopic (exact) mass is 260 g/mol. The molecule has 2 nitrogen and oxygen atoms in total. The van der Waals surface area contributed by atoms with Crippen LogP contribution in [0, 0.1) is 11.6 Å². The Kier molecular flexibility index (Phi) is 2.78. The van der Waals surface area contributed by atoms with Crippen LogP contribution < -0.4 is 4.74 Å². The van der Waals surface area contributed by atoms with Crippen LogP contribution in [0.15, 0.2) is 42.5 Å². The van der Waals surface area contributed by atoms with Crippen molar-refractivity contribution in [1.29, 1.82) is 0 Å². The lowest BCUT2D eigenvalue weighted by atomic mass is 9.96. The van der Waals surface area contributed by atoms with Gasteiger partial charge < -0.3 is 4.74 Å². The minimum Gasteiger partial charge on any atom is -0.484 e. The second-order valence-corrected chi connectivity index (χ2v) is 4.43. The number of hydrogen-bond donors (Lipinski definition) is 0. The van der Waals surface area contributed by atoms with Crippen molar-refractivity contribution in [3.05, 3.63) is 65.2 Å². The highest BCUT2D eigenvalue weighted by Gasteiger charge is 2.28. The zero-order chi connectivity index (χ0) is 13.4. The molecule has 1 aliphatic rings. The first-order chi connectivity index (χ1) is 9.13. The lowest BCUT2D eigenvalue weighted by Gasteiger charge is -2.25. The molecule has 3 rings (SSSR count). The van der Waals surface area contributed by atoms with E-state index in [1.54, 1.807) is 12.1 Å². The van der Waals surface area contributed by atoms with Gasteiger partial charge in [-0.05, 0) is 35.9 Å². The predicted octanol–water partition coefficient (Wildman–Crippen LogP) is 3.67. The molecule has 0 saturated carbocycles. The summed E-state index contributed by atoms with van der Waals surface area (Å²) in [5, 5.41) is 0. The number of halogens is 2. The molecular weight excluding hydrogens is 250 g/mol. The zero-order valence-electron chi connectivity index (χ0n) is 9.90. The largest absolute Gasteiger partial charge is 0.484 e. The Balaban J connectivity index is 1.97. The van der Waals surface area contributed by atoms with E-state index in [1.165, 1.54) is 30.3 Å². The SMILES string of the molecule is O=C1CC(c2cccc(F)c2)Oc2ccc(F)cc21.